The number of piperidine rings is 1. The van der Waals surface area contributed by atoms with E-state index in [1.54, 1.807) is 4.90 Å². The molecule has 9 heteroatoms. The van der Waals surface area contributed by atoms with Crippen molar-refractivity contribution in [3.8, 4) is 0 Å². The molecule has 0 aromatic heterocycles. The first-order valence-corrected chi connectivity index (χ1v) is 14.1. The van der Waals surface area contributed by atoms with Gasteiger partial charge in [-0.15, -0.1) is 0 Å². The zero-order chi connectivity index (χ0) is 21.3. The molecule has 160 valence electrons. The Kier molecular flexibility index (Phi) is 7.58. The largest absolute Gasteiger partial charge is 0.444 e. The topological polar surface area (TPSA) is 82.1 Å². The van der Waals surface area contributed by atoms with E-state index >= 15 is 0 Å². The fourth-order valence-corrected chi connectivity index (χ4v) is 4.43. The maximum atomic E-state index is 12.4. The summed E-state index contributed by atoms with van der Waals surface area (Å²) in [5, 5.41) is 0.0392. The molecule has 0 radical (unpaired) electrons. The molecule has 0 aromatic rings. The number of rotatable bonds is 5. The van der Waals surface area contributed by atoms with Gasteiger partial charge < -0.3 is 14.1 Å². The predicted octanol–water partition coefficient (Wildman–Crippen LogP) is 3.61. The molecular weight excluding hydrogens is 386 g/mol. The van der Waals surface area contributed by atoms with Gasteiger partial charge in [0.2, 0.25) is 0 Å². The molecule has 1 fully saturated rings. The lowest BCUT2D eigenvalue weighted by Crippen LogP contribution is -2.54. The van der Waals surface area contributed by atoms with Crippen molar-refractivity contribution in [2.75, 3.05) is 26.0 Å². The monoisotopic (exact) mass is 423 g/mol. The summed E-state index contributed by atoms with van der Waals surface area (Å²) < 4.78 is 40.0. The Morgan fingerprint density at radius 3 is 2.15 bits per heavy atom. The first-order valence-electron chi connectivity index (χ1n) is 9.41. The minimum atomic E-state index is -3.56. The summed E-state index contributed by atoms with van der Waals surface area (Å²) in [6, 6.07) is 0. The summed E-state index contributed by atoms with van der Waals surface area (Å²) >= 11 is 0. The first kappa shape index (κ1) is 24.4. The quantitative estimate of drug-likeness (QED) is 0.496. The van der Waals surface area contributed by atoms with Gasteiger partial charge in [0.1, 0.15) is 5.60 Å². The lowest BCUT2D eigenvalue weighted by Gasteiger charge is -2.45. The number of carbonyl (C=O) groups is 1. The summed E-state index contributed by atoms with van der Waals surface area (Å²) in [7, 11) is -5.60. The van der Waals surface area contributed by atoms with Gasteiger partial charge in [-0.25, -0.2) is 4.79 Å². The minimum absolute atomic E-state index is 0.00256. The van der Waals surface area contributed by atoms with Gasteiger partial charge in [0.25, 0.3) is 10.1 Å². The smallest absolute Gasteiger partial charge is 0.410 e. The Hall–Kier alpha value is -0.643. The SMILES string of the molecule is CC(C)(C)OC(=O)N1CC[C@H](O[Si](C)(C)C(C)(C)C)C(COS(C)(=O)=O)C1. The van der Waals surface area contributed by atoms with Crippen LogP contribution in [0.1, 0.15) is 48.0 Å². The average molecular weight is 424 g/mol. The van der Waals surface area contributed by atoms with Crippen molar-refractivity contribution in [3.63, 3.8) is 0 Å². The molecule has 0 N–H and O–H groups in total. The van der Waals surface area contributed by atoms with Gasteiger partial charge in [-0.1, -0.05) is 20.8 Å². The molecule has 0 aromatic carbocycles. The van der Waals surface area contributed by atoms with Gasteiger partial charge >= 0.3 is 6.09 Å². The third kappa shape index (κ3) is 8.09. The molecule has 1 rings (SSSR count). The number of hydrogen-bond donors (Lipinski definition) is 0. The van der Waals surface area contributed by atoms with Gasteiger partial charge in [0.15, 0.2) is 8.32 Å². The van der Waals surface area contributed by atoms with Crippen molar-refractivity contribution in [3.05, 3.63) is 0 Å². The fourth-order valence-electron chi connectivity index (χ4n) is 2.58. The van der Waals surface area contributed by atoms with Gasteiger partial charge in [-0.3, -0.25) is 4.18 Å². The molecule has 0 bridgehead atoms. The Morgan fingerprint density at radius 2 is 1.70 bits per heavy atom. The van der Waals surface area contributed by atoms with Crippen LogP contribution in [0.5, 0.6) is 0 Å². The average Bonchev–Trinajstić information content (AvgIpc) is 2.41. The second-order valence-electron chi connectivity index (χ2n) is 9.88. The van der Waals surface area contributed by atoms with Crippen molar-refractivity contribution < 1.29 is 26.6 Å². The van der Waals surface area contributed by atoms with Crippen molar-refractivity contribution >= 4 is 24.5 Å². The van der Waals surface area contributed by atoms with E-state index in [1.165, 1.54) is 0 Å². The lowest BCUT2D eigenvalue weighted by molar-refractivity contribution is -0.0132. The Balaban J connectivity index is 2.93. The van der Waals surface area contributed by atoms with Crippen molar-refractivity contribution in [1.29, 1.82) is 0 Å². The standard InChI is InChI=1S/C18H37NO6SSi/c1-17(2,3)24-16(20)19-11-10-15(25-27(8,9)18(4,5)6)14(12-19)13-23-26(7,21)22/h14-15H,10-13H2,1-9H3/t14?,15-/m0/s1. The molecule has 0 saturated carbocycles. The molecule has 0 spiro atoms. The van der Waals surface area contributed by atoms with Crippen molar-refractivity contribution in [2.45, 2.75) is 77.8 Å². The molecule has 1 aliphatic rings. The van der Waals surface area contributed by atoms with E-state index in [4.69, 9.17) is 13.3 Å². The molecule has 1 aliphatic heterocycles. The van der Waals surface area contributed by atoms with Crippen LogP contribution in [0.15, 0.2) is 0 Å². The summed E-state index contributed by atoms with van der Waals surface area (Å²) in [5.41, 5.74) is -0.579. The normalized spacial score (nSPS) is 22.6. The van der Waals surface area contributed by atoms with Crippen LogP contribution < -0.4 is 0 Å². The van der Waals surface area contributed by atoms with Crippen LogP contribution in [0.3, 0.4) is 0 Å². The second kappa shape index (κ2) is 8.38. The van der Waals surface area contributed by atoms with Crippen LogP contribution >= 0.6 is 0 Å². The first-order chi connectivity index (χ1) is 11.9. The molecular formula is C18H37NO6SSi. The van der Waals surface area contributed by atoms with E-state index in [2.05, 4.69) is 33.9 Å². The fraction of sp³-hybridized carbons (Fsp3) is 0.944. The van der Waals surface area contributed by atoms with E-state index in [0.29, 0.717) is 19.5 Å². The zero-order valence-electron chi connectivity index (χ0n) is 18.3. The molecule has 0 aliphatic carbocycles. The number of amides is 1. The van der Waals surface area contributed by atoms with Crippen molar-refractivity contribution in [2.24, 2.45) is 5.92 Å². The van der Waals surface area contributed by atoms with Gasteiger partial charge in [-0.2, -0.15) is 8.42 Å². The third-order valence-electron chi connectivity index (χ3n) is 5.06. The minimum Gasteiger partial charge on any atom is -0.444 e. The zero-order valence-corrected chi connectivity index (χ0v) is 20.1. The summed E-state index contributed by atoms with van der Waals surface area (Å²) in [4.78, 5) is 14.0. The molecule has 1 saturated heterocycles. The lowest BCUT2D eigenvalue weighted by atomic mass is 9.96. The third-order valence-corrected chi connectivity index (χ3v) is 10.1. The van der Waals surface area contributed by atoms with E-state index < -0.39 is 30.1 Å². The van der Waals surface area contributed by atoms with E-state index in [0.717, 1.165) is 6.26 Å². The summed E-state index contributed by atoms with van der Waals surface area (Å²) in [5.74, 6) is -0.227. The highest BCUT2D eigenvalue weighted by molar-refractivity contribution is 7.85. The second-order valence-corrected chi connectivity index (χ2v) is 16.3. The van der Waals surface area contributed by atoms with Crippen LogP contribution in [0.4, 0.5) is 4.79 Å². The molecule has 1 unspecified atom stereocenters. The van der Waals surface area contributed by atoms with Crippen LogP contribution in [0.2, 0.25) is 18.1 Å². The highest BCUT2D eigenvalue weighted by atomic mass is 32.2. The molecule has 2 atom stereocenters. The summed E-state index contributed by atoms with van der Waals surface area (Å²) in [6.45, 7) is 17.2. The highest BCUT2D eigenvalue weighted by Crippen LogP contribution is 2.39. The Morgan fingerprint density at radius 1 is 1.15 bits per heavy atom. The van der Waals surface area contributed by atoms with Crippen LogP contribution in [0.25, 0.3) is 0 Å². The van der Waals surface area contributed by atoms with E-state index in [-0.39, 0.29) is 23.7 Å². The molecule has 1 amide bonds. The molecule has 27 heavy (non-hydrogen) atoms. The number of carbonyl (C=O) groups excluding carboxylic acids is 1. The van der Waals surface area contributed by atoms with Crippen LogP contribution in [-0.4, -0.2) is 65.4 Å². The van der Waals surface area contributed by atoms with Gasteiger partial charge in [-0.05, 0) is 45.3 Å². The maximum Gasteiger partial charge on any atom is 0.410 e. The Bertz CT molecular complexity index is 621. The molecule has 1 heterocycles. The van der Waals surface area contributed by atoms with Crippen molar-refractivity contribution in [1.82, 2.24) is 4.90 Å². The number of nitrogens with zero attached hydrogens (tertiary/aromatic N) is 1. The number of ether oxygens (including phenoxy) is 1. The van der Waals surface area contributed by atoms with Crippen LogP contribution in [-0.2, 0) is 23.5 Å². The maximum absolute atomic E-state index is 12.4. The van der Waals surface area contributed by atoms with E-state index in [9.17, 15) is 13.2 Å². The Labute approximate surface area is 166 Å². The van der Waals surface area contributed by atoms with Gasteiger partial charge in [0.05, 0.1) is 19.0 Å². The van der Waals surface area contributed by atoms with E-state index in [1.807, 2.05) is 20.8 Å². The van der Waals surface area contributed by atoms with Crippen LogP contribution in [0, 0.1) is 5.92 Å². The predicted molar refractivity (Wildman–Crippen MR) is 109 cm³/mol. The number of hydrogen-bond acceptors (Lipinski definition) is 6. The summed E-state index contributed by atoms with van der Waals surface area (Å²) in [6.07, 6.45) is 1.12. The molecule has 7 nitrogen and oxygen atoms in total. The van der Waals surface area contributed by atoms with Gasteiger partial charge in [0, 0.05) is 19.0 Å². The number of likely N-dealkylation sites (tertiary alicyclic amines) is 1. The highest BCUT2D eigenvalue weighted by Gasteiger charge is 2.43.